The summed E-state index contributed by atoms with van der Waals surface area (Å²) in [6.07, 6.45) is 2.92. The van der Waals surface area contributed by atoms with Crippen molar-refractivity contribution in [2.24, 2.45) is 0 Å². The Hall–Kier alpha value is -3.20. The molecule has 8 nitrogen and oxygen atoms in total. The van der Waals surface area contributed by atoms with Gasteiger partial charge in [-0.3, -0.25) is 14.4 Å². The van der Waals surface area contributed by atoms with E-state index in [0.29, 0.717) is 12.1 Å². The number of fused-ring (bicyclic) bond motifs is 1. The van der Waals surface area contributed by atoms with Gasteiger partial charge in [-0.2, -0.15) is 10.1 Å². The fourth-order valence-electron chi connectivity index (χ4n) is 3.10. The fraction of sp³-hybridized carbons (Fsp3) is 0.167. The van der Waals surface area contributed by atoms with Crippen LogP contribution in [0.1, 0.15) is 22.3 Å². The molecule has 3 aromatic rings. The minimum Gasteiger partial charge on any atom is -0.291 e. The number of sulfonamides is 1. The van der Waals surface area contributed by atoms with Crippen molar-refractivity contribution >= 4 is 27.6 Å². The number of carbonyl (C=O) groups excluding carboxylic acids is 1. The van der Waals surface area contributed by atoms with Gasteiger partial charge in [0.05, 0.1) is 10.6 Å². The molecule has 0 unspecified atom stereocenters. The number of nitrogens with one attached hydrogen (secondary N) is 2. The fourth-order valence-corrected chi connectivity index (χ4v) is 4.64. The van der Waals surface area contributed by atoms with Gasteiger partial charge in [-0.15, -0.1) is 0 Å². The van der Waals surface area contributed by atoms with Crippen LogP contribution in [-0.4, -0.2) is 36.1 Å². The van der Waals surface area contributed by atoms with Gasteiger partial charge in [-0.05, 0) is 48.7 Å². The van der Waals surface area contributed by atoms with Gasteiger partial charge in [0.15, 0.2) is 0 Å². The van der Waals surface area contributed by atoms with E-state index in [1.165, 1.54) is 34.9 Å². The molecule has 1 amide bonds. The van der Waals surface area contributed by atoms with E-state index < -0.39 is 15.9 Å². The van der Waals surface area contributed by atoms with Crippen molar-refractivity contribution in [2.45, 2.75) is 17.7 Å². The molecule has 0 saturated heterocycles. The van der Waals surface area contributed by atoms with E-state index in [4.69, 9.17) is 0 Å². The summed E-state index contributed by atoms with van der Waals surface area (Å²) in [5, 5.41) is 8.72. The van der Waals surface area contributed by atoms with Crippen molar-refractivity contribution in [1.82, 2.24) is 15.2 Å². The van der Waals surface area contributed by atoms with Crippen LogP contribution in [0.2, 0.25) is 0 Å². The molecule has 1 aromatic heterocycles. The van der Waals surface area contributed by atoms with E-state index in [2.05, 4.69) is 20.5 Å². The third kappa shape index (κ3) is 3.28. The smallest absolute Gasteiger partial charge is 0.264 e. The van der Waals surface area contributed by atoms with Crippen molar-refractivity contribution in [2.75, 3.05) is 16.2 Å². The minimum atomic E-state index is -3.69. The Morgan fingerprint density at radius 3 is 2.63 bits per heavy atom. The molecule has 1 aliphatic heterocycles. The summed E-state index contributed by atoms with van der Waals surface area (Å²) >= 11 is 0. The molecule has 2 N–H and O–H groups in total. The van der Waals surface area contributed by atoms with Crippen LogP contribution in [0.4, 0.5) is 11.6 Å². The monoisotopic (exact) mass is 383 g/mol. The van der Waals surface area contributed by atoms with Crippen LogP contribution in [0.25, 0.3) is 0 Å². The van der Waals surface area contributed by atoms with Crippen LogP contribution >= 0.6 is 0 Å². The summed E-state index contributed by atoms with van der Waals surface area (Å²) in [6.45, 7) is 0.438. The molecular weight excluding hydrogens is 366 g/mol. The third-order valence-electron chi connectivity index (χ3n) is 4.42. The van der Waals surface area contributed by atoms with Gasteiger partial charge in [0, 0.05) is 12.1 Å². The average Bonchev–Trinajstić information content (AvgIpc) is 3.20. The minimum absolute atomic E-state index is 0.149. The number of nitrogens with zero attached hydrogens (tertiary/aromatic N) is 3. The van der Waals surface area contributed by atoms with E-state index >= 15 is 0 Å². The standard InChI is InChI=1S/C18H17N5O3S/c24-17(21-18-19-12-20-22-18)14-7-9-15(10-8-14)27(25,26)23-11-3-5-13-4-1-2-6-16(13)23/h1-2,4,6-10,12H,3,5,11H2,(H2,19,20,21,22,24). The van der Waals surface area contributed by atoms with Crippen molar-refractivity contribution in [3.8, 4) is 0 Å². The second-order valence-electron chi connectivity index (χ2n) is 6.12. The van der Waals surface area contributed by atoms with E-state index in [9.17, 15) is 13.2 Å². The first-order valence-corrected chi connectivity index (χ1v) is 9.87. The lowest BCUT2D eigenvalue weighted by Crippen LogP contribution is -2.35. The molecule has 4 rings (SSSR count). The largest absolute Gasteiger partial charge is 0.291 e. The Bertz CT molecular complexity index is 1060. The SMILES string of the molecule is O=C(Nc1ncn[nH]1)c1ccc(S(=O)(=O)N2CCCc3ccccc32)cc1. The highest BCUT2D eigenvalue weighted by Crippen LogP contribution is 2.31. The van der Waals surface area contributed by atoms with Gasteiger partial charge in [0.2, 0.25) is 5.95 Å². The van der Waals surface area contributed by atoms with E-state index in [1.807, 2.05) is 24.3 Å². The zero-order valence-electron chi connectivity index (χ0n) is 14.3. The van der Waals surface area contributed by atoms with Gasteiger partial charge in [0.25, 0.3) is 15.9 Å². The molecule has 9 heteroatoms. The number of aryl methyl sites for hydroxylation is 1. The third-order valence-corrected chi connectivity index (χ3v) is 6.25. The van der Waals surface area contributed by atoms with Crippen LogP contribution < -0.4 is 9.62 Å². The summed E-state index contributed by atoms with van der Waals surface area (Å²) in [6, 6.07) is 13.4. The maximum Gasteiger partial charge on any atom is 0.264 e. The highest BCUT2D eigenvalue weighted by molar-refractivity contribution is 7.92. The van der Waals surface area contributed by atoms with Crippen molar-refractivity contribution in [3.05, 3.63) is 66.0 Å². The van der Waals surface area contributed by atoms with E-state index in [0.717, 1.165) is 24.1 Å². The Balaban J connectivity index is 1.59. The molecule has 2 aromatic carbocycles. The molecule has 27 heavy (non-hydrogen) atoms. The zero-order valence-corrected chi connectivity index (χ0v) is 15.1. The summed E-state index contributed by atoms with van der Waals surface area (Å²) in [5.41, 5.74) is 2.07. The second kappa shape index (κ2) is 6.84. The molecule has 0 spiro atoms. The lowest BCUT2D eigenvalue weighted by molar-refractivity contribution is 0.102. The number of anilines is 2. The molecule has 2 heterocycles. The molecule has 0 fully saturated rings. The van der Waals surface area contributed by atoms with Gasteiger partial charge in [0.1, 0.15) is 6.33 Å². The zero-order chi connectivity index (χ0) is 18.9. The molecule has 0 bridgehead atoms. The maximum absolute atomic E-state index is 13.1. The Kier molecular flexibility index (Phi) is 4.36. The average molecular weight is 383 g/mol. The van der Waals surface area contributed by atoms with Gasteiger partial charge in [-0.1, -0.05) is 18.2 Å². The Labute approximate surface area is 156 Å². The van der Waals surface area contributed by atoms with Crippen LogP contribution in [0.15, 0.2) is 59.8 Å². The molecular formula is C18H17N5O3S. The molecule has 138 valence electrons. The van der Waals surface area contributed by atoms with Crippen LogP contribution in [0, 0.1) is 0 Å². The normalized spacial score (nSPS) is 13.9. The van der Waals surface area contributed by atoms with Gasteiger partial charge < -0.3 is 0 Å². The highest BCUT2D eigenvalue weighted by atomic mass is 32.2. The number of H-pyrrole nitrogens is 1. The number of aromatic amines is 1. The first-order valence-electron chi connectivity index (χ1n) is 8.43. The van der Waals surface area contributed by atoms with Crippen LogP contribution in [0.5, 0.6) is 0 Å². The molecule has 1 aliphatic rings. The van der Waals surface area contributed by atoms with Crippen molar-refractivity contribution < 1.29 is 13.2 Å². The number of hydrogen-bond acceptors (Lipinski definition) is 5. The lowest BCUT2D eigenvalue weighted by atomic mass is 10.0. The maximum atomic E-state index is 13.1. The van der Waals surface area contributed by atoms with Gasteiger partial charge >= 0.3 is 0 Å². The number of benzene rings is 2. The van der Waals surface area contributed by atoms with Gasteiger partial charge in [-0.25, -0.2) is 13.5 Å². The van der Waals surface area contributed by atoms with Crippen LogP contribution in [0.3, 0.4) is 0 Å². The Morgan fingerprint density at radius 1 is 1.11 bits per heavy atom. The summed E-state index contributed by atoms with van der Waals surface area (Å²) in [5.74, 6) is -0.180. The van der Waals surface area contributed by atoms with E-state index in [-0.39, 0.29) is 10.8 Å². The predicted octanol–water partition coefficient (Wildman–Crippen LogP) is 2.20. The number of amides is 1. The second-order valence-corrected chi connectivity index (χ2v) is 7.98. The quantitative estimate of drug-likeness (QED) is 0.718. The number of para-hydroxylation sites is 1. The van der Waals surface area contributed by atoms with Crippen molar-refractivity contribution in [3.63, 3.8) is 0 Å². The van der Waals surface area contributed by atoms with Crippen LogP contribution in [-0.2, 0) is 16.4 Å². The molecule has 0 atom stereocenters. The van der Waals surface area contributed by atoms with Crippen molar-refractivity contribution in [1.29, 1.82) is 0 Å². The molecule has 0 saturated carbocycles. The number of aromatic nitrogens is 3. The Morgan fingerprint density at radius 2 is 1.89 bits per heavy atom. The summed E-state index contributed by atoms with van der Waals surface area (Å²) in [7, 11) is -3.69. The first-order chi connectivity index (χ1) is 13.1. The highest BCUT2D eigenvalue weighted by Gasteiger charge is 2.28. The molecule has 0 radical (unpaired) electrons. The topological polar surface area (TPSA) is 108 Å². The summed E-state index contributed by atoms with van der Waals surface area (Å²) < 4.78 is 27.6. The molecule has 0 aliphatic carbocycles. The number of hydrogen-bond donors (Lipinski definition) is 2. The first kappa shape index (κ1) is 17.2. The van der Waals surface area contributed by atoms with E-state index in [1.54, 1.807) is 0 Å². The number of rotatable bonds is 4. The predicted molar refractivity (Wildman–Crippen MR) is 100 cm³/mol. The summed E-state index contributed by atoms with van der Waals surface area (Å²) in [4.78, 5) is 16.1. The lowest BCUT2D eigenvalue weighted by Gasteiger charge is -2.30. The number of carbonyl (C=O) groups is 1.